The summed E-state index contributed by atoms with van der Waals surface area (Å²) in [6, 6.07) is 26.3. The van der Waals surface area contributed by atoms with E-state index in [0.717, 1.165) is 43.5 Å². The second kappa shape index (κ2) is 6.76. The Hall–Kier alpha value is -2.75. The first-order chi connectivity index (χ1) is 13.3. The summed E-state index contributed by atoms with van der Waals surface area (Å²) in [7, 11) is 0. The van der Waals surface area contributed by atoms with Gasteiger partial charge in [-0.3, -0.25) is 0 Å². The maximum Gasteiger partial charge on any atom is 0.180 e. The van der Waals surface area contributed by atoms with Gasteiger partial charge in [0.2, 0.25) is 0 Å². The van der Waals surface area contributed by atoms with Gasteiger partial charge >= 0.3 is 0 Å². The minimum Gasteiger partial charge on any atom is -0.354 e. The first-order valence-corrected chi connectivity index (χ1v) is 9.84. The fourth-order valence-electron chi connectivity index (χ4n) is 3.29. The molecule has 0 spiro atoms. The molecule has 0 bridgehead atoms. The number of oxime groups is 1. The van der Waals surface area contributed by atoms with Crippen LogP contribution in [0.15, 0.2) is 88.9 Å². The average molecular weight is 388 g/mol. The van der Waals surface area contributed by atoms with Crippen molar-refractivity contribution < 1.29 is 4.84 Å². The van der Waals surface area contributed by atoms with E-state index < -0.39 is 0 Å². The van der Waals surface area contributed by atoms with Crippen LogP contribution in [0.4, 0.5) is 0 Å². The first-order valence-electron chi connectivity index (χ1n) is 8.59. The van der Waals surface area contributed by atoms with Crippen molar-refractivity contribution in [1.29, 1.82) is 0 Å². The Morgan fingerprint density at radius 1 is 0.778 bits per heavy atom. The summed E-state index contributed by atoms with van der Waals surface area (Å²) in [5, 5.41) is 9.61. The molecular weight excluding hydrogens is 374 g/mol. The van der Waals surface area contributed by atoms with E-state index in [0.29, 0.717) is 5.02 Å². The summed E-state index contributed by atoms with van der Waals surface area (Å²) in [5.41, 5.74) is 3.98. The molecule has 2 nitrogen and oxygen atoms in total. The predicted molar refractivity (Wildman–Crippen MR) is 114 cm³/mol. The van der Waals surface area contributed by atoms with Crippen LogP contribution in [-0.2, 0) is 4.84 Å². The fraction of sp³-hybridized carbons (Fsp3) is 0. The van der Waals surface area contributed by atoms with Gasteiger partial charge in [0.25, 0.3) is 0 Å². The maximum absolute atomic E-state index is 6.07. The Bertz CT molecular complexity index is 1210. The Morgan fingerprint density at radius 2 is 1.52 bits per heavy atom. The Balaban J connectivity index is 1.79. The van der Waals surface area contributed by atoms with Gasteiger partial charge in [-0.15, -0.1) is 0 Å². The number of allylic oxidation sites excluding steroid dienone is 1. The fourth-order valence-corrected chi connectivity index (χ4v) is 4.45. The third-order valence-electron chi connectivity index (χ3n) is 4.59. The van der Waals surface area contributed by atoms with Gasteiger partial charge in [0, 0.05) is 21.4 Å². The van der Waals surface area contributed by atoms with E-state index in [1.165, 1.54) is 0 Å². The predicted octanol–water partition coefficient (Wildman–Crippen LogP) is 4.78. The van der Waals surface area contributed by atoms with Gasteiger partial charge < -0.3 is 4.84 Å². The zero-order valence-electron chi connectivity index (χ0n) is 14.2. The van der Waals surface area contributed by atoms with Crippen LogP contribution in [0.1, 0.15) is 11.1 Å². The molecule has 0 fully saturated rings. The highest BCUT2D eigenvalue weighted by atomic mass is 35.5. The summed E-state index contributed by atoms with van der Waals surface area (Å²) in [6.45, 7) is 0. The van der Waals surface area contributed by atoms with Gasteiger partial charge in [-0.1, -0.05) is 95.2 Å². The zero-order chi connectivity index (χ0) is 18.2. The van der Waals surface area contributed by atoms with Gasteiger partial charge in [0.15, 0.2) is 5.76 Å². The SMILES string of the molecule is Clc1ccc(C2=NOC3=c4ccccc4=CSC3=C2c2ccccc2)cc1. The molecular formula is C23H14ClNOS. The molecule has 130 valence electrons. The highest BCUT2D eigenvalue weighted by molar-refractivity contribution is 8.10. The van der Waals surface area contributed by atoms with E-state index in [2.05, 4.69) is 34.8 Å². The van der Waals surface area contributed by atoms with E-state index in [-0.39, 0.29) is 0 Å². The number of benzene rings is 3. The number of fused-ring (bicyclic) bond motifs is 2. The zero-order valence-corrected chi connectivity index (χ0v) is 15.8. The van der Waals surface area contributed by atoms with Crippen LogP contribution in [0.5, 0.6) is 0 Å². The normalized spacial score (nSPS) is 15.3. The molecule has 2 aliphatic rings. The molecule has 0 atom stereocenters. The van der Waals surface area contributed by atoms with Gasteiger partial charge in [-0.05, 0) is 28.3 Å². The standard InChI is InChI=1S/C23H14ClNOS/c24-18-12-10-16(11-13-18)21-20(15-6-2-1-3-7-15)23-22(26-25-21)19-9-5-4-8-17(19)14-27-23/h1-14H. The molecule has 0 saturated carbocycles. The number of thioether (sulfide) groups is 1. The Morgan fingerprint density at radius 3 is 2.33 bits per heavy atom. The molecule has 0 radical (unpaired) electrons. The largest absolute Gasteiger partial charge is 0.354 e. The van der Waals surface area contributed by atoms with Crippen molar-refractivity contribution in [3.05, 3.63) is 110 Å². The number of hydrogen-bond donors (Lipinski definition) is 0. The highest BCUT2D eigenvalue weighted by Gasteiger charge is 2.28. The molecule has 27 heavy (non-hydrogen) atoms. The molecule has 2 heterocycles. The number of halogens is 1. The van der Waals surface area contributed by atoms with Crippen molar-refractivity contribution in [3.63, 3.8) is 0 Å². The lowest BCUT2D eigenvalue weighted by Crippen LogP contribution is -2.31. The maximum atomic E-state index is 6.07. The third-order valence-corrected chi connectivity index (χ3v) is 5.84. The van der Waals surface area contributed by atoms with Crippen LogP contribution < -0.4 is 10.4 Å². The summed E-state index contributed by atoms with van der Waals surface area (Å²) in [6.07, 6.45) is 0. The van der Waals surface area contributed by atoms with Crippen molar-refractivity contribution in [2.24, 2.45) is 5.16 Å². The van der Waals surface area contributed by atoms with E-state index >= 15 is 0 Å². The molecule has 0 saturated heterocycles. The molecule has 2 aliphatic heterocycles. The van der Waals surface area contributed by atoms with Crippen molar-refractivity contribution in [2.45, 2.75) is 0 Å². The smallest absolute Gasteiger partial charge is 0.180 e. The molecule has 0 N–H and O–H groups in total. The monoisotopic (exact) mass is 387 g/mol. The summed E-state index contributed by atoms with van der Waals surface area (Å²) in [4.78, 5) is 7.01. The third kappa shape index (κ3) is 2.89. The minimum absolute atomic E-state index is 0.701. The molecule has 0 aliphatic carbocycles. The molecule has 0 aromatic heterocycles. The van der Waals surface area contributed by atoms with Gasteiger partial charge in [-0.2, -0.15) is 0 Å². The molecule has 0 unspecified atom stereocenters. The lowest BCUT2D eigenvalue weighted by Gasteiger charge is -2.23. The first kappa shape index (κ1) is 16.4. The topological polar surface area (TPSA) is 21.6 Å². The highest BCUT2D eigenvalue weighted by Crippen LogP contribution is 2.40. The minimum atomic E-state index is 0.701. The van der Waals surface area contributed by atoms with E-state index in [1.807, 2.05) is 54.6 Å². The van der Waals surface area contributed by atoms with Crippen LogP contribution in [0, 0.1) is 0 Å². The molecule has 0 amide bonds. The van der Waals surface area contributed by atoms with Gasteiger partial charge in [0.1, 0.15) is 5.71 Å². The van der Waals surface area contributed by atoms with Crippen LogP contribution >= 0.6 is 23.4 Å². The number of hydrogen-bond acceptors (Lipinski definition) is 3. The lowest BCUT2D eigenvalue weighted by molar-refractivity contribution is 0.295. The molecule has 5 rings (SSSR count). The average Bonchev–Trinajstić information content (AvgIpc) is 2.74. The number of nitrogens with zero attached hydrogens (tertiary/aromatic N) is 1. The van der Waals surface area contributed by atoms with E-state index in [1.54, 1.807) is 11.8 Å². The van der Waals surface area contributed by atoms with Crippen molar-refractivity contribution in [1.82, 2.24) is 0 Å². The lowest BCUT2D eigenvalue weighted by atomic mass is 9.94. The molecule has 3 aromatic carbocycles. The van der Waals surface area contributed by atoms with E-state index in [4.69, 9.17) is 16.4 Å². The van der Waals surface area contributed by atoms with Crippen molar-refractivity contribution in [3.8, 4) is 0 Å². The van der Waals surface area contributed by atoms with Gasteiger partial charge in [0.05, 0.1) is 4.91 Å². The number of rotatable bonds is 2. The van der Waals surface area contributed by atoms with Crippen LogP contribution in [0.2, 0.25) is 5.02 Å². The summed E-state index contributed by atoms with van der Waals surface area (Å²) >= 11 is 7.75. The molecule has 3 aromatic rings. The van der Waals surface area contributed by atoms with E-state index in [9.17, 15) is 0 Å². The Kier molecular flexibility index (Phi) is 4.12. The quantitative estimate of drug-likeness (QED) is 0.631. The van der Waals surface area contributed by atoms with Crippen molar-refractivity contribution >= 4 is 45.8 Å². The summed E-state index contributed by atoms with van der Waals surface area (Å²) < 4.78 is 0. The van der Waals surface area contributed by atoms with Gasteiger partial charge in [-0.25, -0.2) is 0 Å². The van der Waals surface area contributed by atoms with Crippen LogP contribution in [-0.4, -0.2) is 5.71 Å². The van der Waals surface area contributed by atoms with Crippen molar-refractivity contribution in [2.75, 3.05) is 0 Å². The van der Waals surface area contributed by atoms with Crippen LogP contribution in [0.3, 0.4) is 0 Å². The Labute approximate surface area is 166 Å². The summed E-state index contributed by atoms with van der Waals surface area (Å²) in [5.74, 6) is 0.815. The molecule has 4 heteroatoms. The second-order valence-corrected chi connectivity index (χ2v) is 7.58. The van der Waals surface area contributed by atoms with Crippen LogP contribution in [0.25, 0.3) is 16.7 Å². The second-order valence-electron chi connectivity index (χ2n) is 6.26.